The van der Waals surface area contributed by atoms with Crippen LogP contribution in [0.15, 0.2) is 23.2 Å². The zero-order valence-corrected chi connectivity index (χ0v) is 13.6. The Morgan fingerprint density at radius 3 is 2.92 bits per heavy atom. The van der Waals surface area contributed by atoms with E-state index in [1.165, 1.54) is 7.11 Å². The molecule has 1 aliphatic heterocycles. The largest absolute Gasteiger partial charge is 0.493 e. The maximum Gasteiger partial charge on any atom is 0.306 e. The molecule has 1 aliphatic rings. The van der Waals surface area contributed by atoms with Crippen LogP contribution < -0.4 is 21.5 Å². The van der Waals surface area contributed by atoms with Gasteiger partial charge < -0.3 is 26.3 Å². The topological polar surface area (TPSA) is 129 Å². The number of hydrogen-bond donors (Lipinski definition) is 3. The number of aliphatic imine (C=N–C) groups is 1. The van der Waals surface area contributed by atoms with Gasteiger partial charge in [0.15, 0.2) is 5.96 Å². The average Bonchev–Trinajstić information content (AvgIpc) is 2.54. The van der Waals surface area contributed by atoms with Crippen LogP contribution in [0.2, 0.25) is 0 Å². The van der Waals surface area contributed by atoms with Gasteiger partial charge in [-0.05, 0) is 18.1 Å². The van der Waals surface area contributed by atoms with Crippen molar-refractivity contribution in [1.82, 2.24) is 0 Å². The zero-order valence-electron chi connectivity index (χ0n) is 13.6. The predicted molar refractivity (Wildman–Crippen MR) is 89.7 cm³/mol. The number of esters is 1. The number of anilines is 1. The molecule has 2 rings (SSSR count). The van der Waals surface area contributed by atoms with Gasteiger partial charge in [-0.3, -0.25) is 14.6 Å². The van der Waals surface area contributed by atoms with E-state index in [1.807, 2.05) is 12.1 Å². The van der Waals surface area contributed by atoms with Crippen molar-refractivity contribution in [2.45, 2.75) is 19.3 Å². The van der Waals surface area contributed by atoms with Crippen LogP contribution in [0.5, 0.6) is 5.75 Å². The Hall–Kier alpha value is -2.77. The highest BCUT2D eigenvalue weighted by Crippen LogP contribution is 2.30. The molecule has 1 unspecified atom stereocenters. The monoisotopic (exact) mass is 334 g/mol. The second-order valence-electron chi connectivity index (χ2n) is 5.50. The number of ether oxygens (including phenoxy) is 2. The number of methoxy groups -OCH3 is 1. The van der Waals surface area contributed by atoms with E-state index < -0.39 is 5.92 Å². The van der Waals surface area contributed by atoms with Gasteiger partial charge in [-0.1, -0.05) is 6.07 Å². The third-order valence-corrected chi connectivity index (χ3v) is 3.68. The number of carbonyl (C=O) groups excluding carboxylic acids is 2. The molecule has 1 amide bonds. The molecule has 1 heterocycles. The van der Waals surface area contributed by atoms with E-state index in [2.05, 4.69) is 15.0 Å². The summed E-state index contributed by atoms with van der Waals surface area (Å²) in [5.74, 6) is -0.258. The van der Waals surface area contributed by atoms with Crippen molar-refractivity contribution < 1.29 is 19.1 Å². The molecule has 5 N–H and O–H groups in total. The van der Waals surface area contributed by atoms with Gasteiger partial charge in [0, 0.05) is 24.7 Å². The van der Waals surface area contributed by atoms with E-state index in [0.717, 1.165) is 5.56 Å². The second-order valence-corrected chi connectivity index (χ2v) is 5.50. The van der Waals surface area contributed by atoms with Gasteiger partial charge in [-0.25, -0.2) is 0 Å². The molecule has 1 aromatic rings. The molecule has 130 valence electrons. The van der Waals surface area contributed by atoms with E-state index in [0.29, 0.717) is 37.4 Å². The maximum atomic E-state index is 12.1. The fourth-order valence-electron chi connectivity index (χ4n) is 2.44. The Bertz CT molecular complexity index is 641. The molecule has 0 fully saturated rings. The lowest BCUT2D eigenvalue weighted by Crippen LogP contribution is -2.31. The molecule has 0 spiro atoms. The molecule has 0 saturated heterocycles. The molecule has 1 aromatic carbocycles. The number of amides is 1. The molecule has 0 aromatic heterocycles. The van der Waals surface area contributed by atoms with Crippen LogP contribution in [0.4, 0.5) is 5.69 Å². The van der Waals surface area contributed by atoms with E-state index in [9.17, 15) is 9.59 Å². The van der Waals surface area contributed by atoms with Crippen molar-refractivity contribution in [3.05, 3.63) is 23.8 Å². The normalized spacial score (nSPS) is 15.9. The summed E-state index contributed by atoms with van der Waals surface area (Å²) in [5, 5.41) is 2.81. The Morgan fingerprint density at radius 1 is 1.42 bits per heavy atom. The summed E-state index contributed by atoms with van der Waals surface area (Å²) < 4.78 is 10.2. The summed E-state index contributed by atoms with van der Waals surface area (Å²) in [6.45, 7) is 0.966. The average molecular weight is 334 g/mol. The van der Waals surface area contributed by atoms with Gasteiger partial charge in [0.1, 0.15) is 5.75 Å². The Kier molecular flexibility index (Phi) is 6.00. The Morgan fingerprint density at radius 2 is 2.21 bits per heavy atom. The Balaban J connectivity index is 1.92. The third-order valence-electron chi connectivity index (χ3n) is 3.68. The number of hydrogen-bond acceptors (Lipinski definition) is 5. The first-order valence-electron chi connectivity index (χ1n) is 7.68. The fourth-order valence-corrected chi connectivity index (χ4v) is 2.44. The number of nitrogens with two attached hydrogens (primary N) is 2. The van der Waals surface area contributed by atoms with Gasteiger partial charge in [-0.2, -0.15) is 0 Å². The standard InChI is InChI=1S/C16H22N4O4/c1-23-14(21)8-11-7-10-3-4-12(9-13(10)20-15(11)22)24-6-2-5-19-16(17)18/h3-4,9,11H,2,5-8H2,1H3,(H,20,22)(H4,17,18,19). The number of nitrogens with one attached hydrogen (secondary N) is 1. The third kappa shape index (κ3) is 4.87. The summed E-state index contributed by atoms with van der Waals surface area (Å²) in [6, 6.07) is 5.51. The van der Waals surface area contributed by atoms with Crippen LogP contribution in [0, 0.1) is 5.92 Å². The quantitative estimate of drug-likeness (QED) is 0.286. The molecule has 0 radical (unpaired) electrons. The molecule has 0 aliphatic carbocycles. The highest BCUT2D eigenvalue weighted by atomic mass is 16.5. The van der Waals surface area contributed by atoms with Crippen molar-refractivity contribution in [2.24, 2.45) is 22.4 Å². The first-order valence-corrected chi connectivity index (χ1v) is 7.68. The van der Waals surface area contributed by atoms with Crippen molar-refractivity contribution in [3.63, 3.8) is 0 Å². The summed E-state index contributed by atoms with van der Waals surface area (Å²) in [4.78, 5) is 27.3. The first kappa shape index (κ1) is 17.6. The molecular weight excluding hydrogens is 312 g/mol. The lowest BCUT2D eigenvalue weighted by atomic mass is 9.90. The molecule has 1 atom stereocenters. The van der Waals surface area contributed by atoms with Crippen molar-refractivity contribution in [2.75, 3.05) is 25.6 Å². The van der Waals surface area contributed by atoms with E-state index >= 15 is 0 Å². The van der Waals surface area contributed by atoms with E-state index in [-0.39, 0.29) is 24.3 Å². The summed E-state index contributed by atoms with van der Waals surface area (Å²) in [5.41, 5.74) is 12.2. The molecule has 8 nitrogen and oxygen atoms in total. The van der Waals surface area contributed by atoms with Gasteiger partial charge in [-0.15, -0.1) is 0 Å². The first-order chi connectivity index (χ1) is 11.5. The Labute approximate surface area is 140 Å². The fraction of sp³-hybridized carbons (Fsp3) is 0.438. The summed E-state index contributed by atoms with van der Waals surface area (Å²) >= 11 is 0. The van der Waals surface area contributed by atoms with Crippen molar-refractivity contribution in [3.8, 4) is 5.75 Å². The molecule has 24 heavy (non-hydrogen) atoms. The van der Waals surface area contributed by atoms with Crippen LogP contribution in [-0.4, -0.2) is 38.1 Å². The lowest BCUT2D eigenvalue weighted by molar-refractivity contribution is -0.143. The molecule has 8 heteroatoms. The summed E-state index contributed by atoms with van der Waals surface area (Å²) in [7, 11) is 1.31. The van der Waals surface area contributed by atoms with Gasteiger partial charge in [0.25, 0.3) is 0 Å². The summed E-state index contributed by atoms with van der Waals surface area (Å²) in [6.07, 6.45) is 1.26. The highest BCUT2D eigenvalue weighted by Gasteiger charge is 2.28. The maximum absolute atomic E-state index is 12.1. The van der Waals surface area contributed by atoms with Gasteiger partial charge >= 0.3 is 5.97 Å². The lowest BCUT2D eigenvalue weighted by Gasteiger charge is -2.24. The van der Waals surface area contributed by atoms with Crippen molar-refractivity contribution in [1.29, 1.82) is 0 Å². The highest BCUT2D eigenvalue weighted by molar-refractivity contribution is 5.97. The van der Waals surface area contributed by atoms with Gasteiger partial charge in [0.2, 0.25) is 5.91 Å². The molecule has 0 bridgehead atoms. The smallest absolute Gasteiger partial charge is 0.306 e. The van der Waals surface area contributed by atoms with E-state index in [4.69, 9.17) is 16.2 Å². The van der Waals surface area contributed by atoms with Crippen LogP contribution >= 0.6 is 0 Å². The van der Waals surface area contributed by atoms with Crippen LogP contribution in [0.3, 0.4) is 0 Å². The van der Waals surface area contributed by atoms with Gasteiger partial charge in [0.05, 0.1) is 26.1 Å². The van der Waals surface area contributed by atoms with Crippen LogP contribution in [0.25, 0.3) is 0 Å². The number of fused-ring (bicyclic) bond motifs is 1. The number of guanidine groups is 1. The molecular formula is C16H22N4O4. The number of rotatable bonds is 7. The SMILES string of the molecule is COC(=O)CC1Cc2ccc(OCCCN=C(N)N)cc2NC1=O. The predicted octanol–water partition coefficient (Wildman–Crippen LogP) is 0.403. The molecule has 0 saturated carbocycles. The van der Waals surface area contributed by atoms with Crippen LogP contribution in [-0.2, 0) is 20.7 Å². The minimum atomic E-state index is -0.406. The number of benzene rings is 1. The zero-order chi connectivity index (χ0) is 17.5. The minimum Gasteiger partial charge on any atom is -0.493 e. The second kappa shape index (κ2) is 8.19. The minimum absolute atomic E-state index is 0.0630. The van der Waals surface area contributed by atoms with Crippen molar-refractivity contribution >= 4 is 23.5 Å². The number of carbonyl (C=O) groups is 2. The van der Waals surface area contributed by atoms with E-state index in [1.54, 1.807) is 6.07 Å². The number of nitrogens with zero attached hydrogens (tertiary/aromatic N) is 1. The van der Waals surface area contributed by atoms with Crippen LogP contribution in [0.1, 0.15) is 18.4 Å².